The molecule has 142 valence electrons. The van der Waals surface area contributed by atoms with Crippen molar-refractivity contribution in [3.63, 3.8) is 0 Å². The van der Waals surface area contributed by atoms with Crippen molar-refractivity contribution in [2.45, 2.75) is 13.5 Å². The van der Waals surface area contributed by atoms with Crippen LogP contribution < -0.4 is 5.43 Å². The largest absolute Gasteiger partial charge is 0.478 e. The minimum absolute atomic E-state index is 0.213. The zero-order valence-electron chi connectivity index (χ0n) is 14.8. The molecule has 0 bridgehead atoms. The fraction of sp³-hybridized carbons (Fsp3) is 0.100. The van der Waals surface area contributed by atoms with Crippen LogP contribution in [0.4, 0.5) is 4.39 Å². The Bertz CT molecular complexity index is 1240. The fourth-order valence-electron chi connectivity index (χ4n) is 2.62. The van der Waals surface area contributed by atoms with E-state index >= 15 is 0 Å². The highest BCUT2D eigenvalue weighted by molar-refractivity contribution is 6.29. The number of benzene rings is 1. The lowest BCUT2D eigenvalue weighted by Crippen LogP contribution is -2.09. The highest BCUT2D eigenvalue weighted by Crippen LogP contribution is 2.16. The topological polar surface area (TPSA) is 85.1 Å². The highest BCUT2D eigenvalue weighted by atomic mass is 35.5. The van der Waals surface area contributed by atoms with Crippen LogP contribution in [0.25, 0.3) is 21.9 Å². The maximum atomic E-state index is 13.1. The van der Waals surface area contributed by atoms with E-state index in [1.807, 2.05) is 31.2 Å². The minimum Gasteiger partial charge on any atom is -0.478 e. The third-order valence-corrected chi connectivity index (χ3v) is 4.30. The van der Waals surface area contributed by atoms with Crippen LogP contribution in [0.2, 0.25) is 5.15 Å². The molecule has 28 heavy (non-hydrogen) atoms. The van der Waals surface area contributed by atoms with Gasteiger partial charge in [0.2, 0.25) is 0 Å². The zero-order chi connectivity index (χ0) is 20.3. The fourth-order valence-corrected chi connectivity index (χ4v) is 2.75. The van der Waals surface area contributed by atoms with Crippen molar-refractivity contribution >= 4 is 39.5 Å². The second-order valence-electron chi connectivity index (χ2n) is 5.82. The zero-order valence-corrected chi connectivity index (χ0v) is 15.5. The Kier molecular flexibility index (Phi) is 5.65. The number of aromatic nitrogens is 3. The molecule has 0 radical (unpaired) electrons. The number of pyridine rings is 3. The summed E-state index contributed by atoms with van der Waals surface area (Å²) in [5.74, 6) is -1.62. The van der Waals surface area contributed by atoms with Gasteiger partial charge in [0.05, 0.1) is 16.5 Å². The van der Waals surface area contributed by atoms with Gasteiger partial charge < -0.3 is 9.67 Å². The number of hydrogen-bond acceptors (Lipinski definition) is 4. The maximum absolute atomic E-state index is 13.1. The molecule has 0 fully saturated rings. The summed E-state index contributed by atoms with van der Waals surface area (Å²) in [6.45, 7) is 2.55. The van der Waals surface area contributed by atoms with Crippen LogP contribution in [-0.4, -0.2) is 25.6 Å². The van der Waals surface area contributed by atoms with Crippen LogP contribution in [0.5, 0.6) is 0 Å². The molecule has 0 aliphatic heterocycles. The Morgan fingerprint density at radius 1 is 1.25 bits per heavy atom. The molecule has 0 atom stereocenters. The summed E-state index contributed by atoms with van der Waals surface area (Å²) in [5, 5.41) is 9.59. The average molecular weight is 400 g/mol. The van der Waals surface area contributed by atoms with Crippen molar-refractivity contribution in [3.05, 3.63) is 81.6 Å². The van der Waals surface area contributed by atoms with Gasteiger partial charge in [-0.15, -0.1) is 0 Å². The molecule has 6 nitrogen and oxygen atoms in total. The molecule has 0 spiro atoms. The normalized spacial score (nSPS) is 10.5. The number of rotatable bonds is 2. The molecular weight excluding hydrogens is 385 g/mol. The number of hydrogen-bond donors (Lipinski definition) is 1. The second-order valence-corrected chi connectivity index (χ2v) is 6.18. The number of para-hydroxylation sites is 1. The van der Waals surface area contributed by atoms with Gasteiger partial charge in [-0.25, -0.2) is 14.2 Å². The molecule has 1 aromatic carbocycles. The summed E-state index contributed by atoms with van der Waals surface area (Å²) in [6, 6.07) is 11.5. The average Bonchev–Trinajstić information content (AvgIpc) is 2.70. The monoisotopic (exact) mass is 399 g/mol. The molecule has 0 aliphatic rings. The maximum Gasteiger partial charge on any atom is 0.337 e. The van der Waals surface area contributed by atoms with Crippen LogP contribution in [0, 0.1) is 5.82 Å². The first kappa shape index (κ1) is 19.4. The van der Waals surface area contributed by atoms with Crippen molar-refractivity contribution in [3.8, 4) is 0 Å². The first-order chi connectivity index (χ1) is 13.4. The number of carbonyl (C=O) groups is 1. The summed E-state index contributed by atoms with van der Waals surface area (Å²) in [6.07, 6.45) is 2.98. The van der Waals surface area contributed by atoms with Crippen LogP contribution in [0.1, 0.15) is 17.3 Å². The standard InChI is InChI=1S/C10H8ClFN2O.C10H7NO2/c1-2-14-4-3-8(15)6-5-7(12)9(11)13-10(6)14;12-10(13)8-5-7-3-1-2-4-9(7)11-6-8/h3-5H,2H2,1H3;1-6H,(H,12,13). The van der Waals surface area contributed by atoms with Crippen molar-refractivity contribution in [1.82, 2.24) is 14.5 Å². The van der Waals surface area contributed by atoms with E-state index in [1.54, 1.807) is 16.8 Å². The van der Waals surface area contributed by atoms with E-state index in [1.165, 1.54) is 12.3 Å². The smallest absolute Gasteiger partial charge is 0.337 e. The summed E-state index contributed by atoms with van der Waals surface area (Å²) >= 11 is 5.57. The molecule has 3 heterocycles. The summed E-state index contributed by atoms with van der Waals surface area (Å²) in [7, 11) is 0. The number of nitrogens with zero attached hydrogens (tertiary/aromatic N) is 3. The molecule has 4 aromatic rings. The van der Waals surface area contributed by atoms with E-state index in [-0.39, 0.29) is 21.5 Å². The van der Waals surface area contributed by atoms with Gasteiger partial charge in [0.25, 0.3) is 0 Å². The van der Waals surface area contributed by atoms with Crippen molar-refractivity contribution in [2.75, 3.05) is 0 Å². The number of halogens is 2. The molecule has 0 amide bonds. The van der Waals surface area contributed by atoms with Gasteiger partial charge in [0, 0.05) is 30.4 Å². The summed E-state index contributed by atoms with van der Waals surface area (Å²) in [5.41, 5.74) is 1.19. The second kappa shape index (κ2) is 8.14. The minimum atomic E-state index is -0.946. The number of aryl methyl sites for hydroxylation is 1. The van der Waals surface area contributed by atoms with Crippen LogP contribution in [0.15, 0.2) is 59.7 Å². The van der Waals surface area contributed by atoms with Gasteiger partial charge in [0.1, 0.15) is 5.65 Å². The predicted molar refractivity (Wildman–Crippen MR) is 105 cm³/mol. The molecule has 0 unspecified atom stereocenters. The molecule has 0 saturated carbocycles. The Balaban J connectivity index is 0.000000162. The van der Waals surface area contributed by atoms with Gasteiger partial charge in [-0.3, -0.25) is 9.78 Å². The summed E-state index contributed by atoms with van der Waals surface area (Å²) < 4.78 is 14.9. The van der Waals surface area contributed by atoms with E-state index in [0.717, 1.165) is 17.0 Å². The van der Waals surface area contributed by atoms with Crippen molar-refractivity contribution in [1.29, 1.82) is 0 Å². The predicted octanol–water partition coefficient (Wildman–Crippen LogP) is 4.14. The van der Waals surface area contributed by atoms with Crippen molar-refractivity contribution < 1.29 is 14.3 Å². The van der Waals surface area contributed by atoms with E-state index in [0.29, 0.717) is 12.2 Å². The highest BCUT2D eigenvalue weighted by Gasteiger charge is 2.08. The molecule has 4 rings (SSSR count). The first-order valence-electron chi connectivity index (χ1n) is 8.34. The Hall–Kier alpha value is -3.32. The van der Waals surface area contributed by atoms with Gasteiger partial charge in [0.15, 0.2) is 16.4 Å². The SMILES string of the molecule is CCn1ccc(=O)c2cc(F)c(Cl)nc21.O=C(O)c1cnc2ccccc2c1. The lowest BCUT2D eigenvalue weighted by atomic mass is 10.2. The Morgan fingerprint density at radius 3 is 2.71 bits per heavy atom. The van der Waals surface area contributed by atoms with Gasteiger partial charge in [-0.2, -0.15) is 0 Å². The molecule has 0 aliphatic carbocycles. The number of aromatic carboxylic acids is 1. The molecule has 8 heteroatoms. The Labute approximate surface area is 163 Å². The third kappa shape index (κ3) is 3.99. The van der Waals surface area contributed by atoms with Gasteiger partial charge >= 0.3 is 5.97 Å². The molecular formula is C20H15ClFN3O3. The van der Waals surface area contributed by atoms with Crippen molar-refractivity contribution in [2.24, 2.45) is 0 Å². The quantitative estimate of drug-likeness (QED) is 0.512. The lowest BCUT2D eigenvalue weighted by Gasteiger charge is -2.06. The molecule has 1 N–H and O–H groups in total. The van der Waals surface area contributed by atoms with E-state index in [4.69, 9.17) is 16.7 Å². The summed E-state index contributed by atoms with van der Waals surface area (Å²) in [4.78, 5) is 29.9. The van der Waals surface area contributed by atoms with Crippen LogP contribution >= 0.6 is 11.6 Å². The van der Waals surface area contributed by atoms with Gasteiger partial charge in [-0.05, 0) is 25.1 Å². The van der Waals surface area contributed by atoms with E-state index in [2.05, 4.69) is 9.97 Å². The molecule has 3 aromatic heterocycles. The lowest BCUT2D eigenvalue weighted by molar-refractivity contribution is 0.0696. The third-order valence-electron chi connectivity index (χ3n) is 4.03. The van der Waals surface area contributed by atoms with Crippen LogP contribution in [-0.2, 0) is 6.54 Å². The van der Waals surface area contributed by atoms with E-state index in [9.17, 15) is 14.0 Å². The molecule has 0 saturated heterocycles. The number of carboxylic acids is 1. The van der Waals surface area contributed by atoms with Gasteiger partial charge in [-0.1, -0.05) is 29.8 Å². The number of carboxylic acid groups (broad SMARTS) is 1. The van der Waals surface area contributed by atoms with E-state index < -0.39 is 11.8 Å². The van der Waals surface area contributed by atoms with Crippen LogP contribution in [0.3, 0.4) is 0 Å². The Morgan fingerprint density at radius 2 is 2.00 bits per heavy atom. The first-order valence-corrected chi connectivity index (χ1v) is 8.71. The number of fused-ring (bicyclic) bond motifs is 2.